The highest BCUT2D eigenvalue weighted by Crippen LogP contribution is 2.31. The molecule has 2 amide bonds. The van der Waals surface area contributed by atoms with Gasteiger partial charge in [-0.15, -0.1) is 0 Å². The van der Waals surface area contributed by atoms with Crippen LogP contribution in [-0.4, -0.2) is 42.4 Å². The molecule has 0 spiro atoms. The van der Waals surface area contributed by atoms with Crippen LogP contribution in [0.5, 0.6) is 0 Å². The monoisotopic (exact) mass is 364 g/mol. The number of ether oxygens (including phenoxy) is 1. The first-order valence-corrected chi connectivity index (χ1v) is 8.89. The van der Waals surface area contributed by atoms with Crippen molar-refractivity contribution >= 4 is 17.6 Å². The van der Waals surface area contributed by atoms with Gasteiger partial charge in [-0.2, -0.15) is 0 Å². The van der Waals surface area contributed by atoms with Gasteiger partial charge < -0.3 is 19.8 Å². The van der Waals surface area contributed by atoms with Gasteiger partial charge in [0.1, 0.15) is 25.0 Å². The molecule has 1 unspecified atom stereocenters. The van der Waals surface area contributed by atoms with Crippen molar-refractivity contribution in [2.45, 2.75) is 59.2 Å². The summed E-state index contributed by atoms with van der Waals surface area (Å²) in [6, 6.07) is 0.0854. The third-order valence-electron chi connectivity index (χ3n) is 5.30. The lowest BCUT2D eigenvalue weighted by molar-refractivity contribution is -0.128. The Bertz CT molecular complexity index is 651. The number of hydrogen-bond donors (Lipinski definition) is 2. The standard InChI is InChI=1S/C19H28N2O5/c1-11(2)19(4,5)8-14(20-17(23)13-6-7-25-9-13)18(24)21-16-12(3)26-10-15(16)22/h6-7,9,11-12,14,16H,8,10H2,1-5H3,(H,20,23)(H,21,24)/t12-,14?,16-/m0/s1. The number of furan rings is 1. The molecular formula is C19H28N2O5. The molecule has 7 nitrogen and oxygen atoms in total. The van der Waals surface area contributed by atoms with E-state index in [4.69, 9.17) is 9.15 Å². The lowest BCUT2D eigenvalue weighted by atomic mass is 9.76. The molecule has 2 rings (SSSR count). The van der Waals surface area contributed by atoms with Gasteiger partial charge in [-0.1, -0.05) is 27.7 Å². The molecule has 2 N–H and O–H groups in total. The Morgan fingerprint density at radius 3 is 2.54 bits per heavy atom. The van der Waals surface area contributed by atoms with Gasteiger partial charge in [0.25, 0.3) is 5.91 Å². The maximum atomic E-state index is 12.8. The van der Waals surface area contributed by atoms with Crippen molar-refractivity contribution in [2.75, 3.05) is 6.61 Å². The molecule has 0 bridgehead atoms. The van der Waals surface area contributed by atoms with Crippen molar-refractivity contribution in [3.63, 3.8) is 0 Å². The van der Waals surface area contributed by atoms with Crippen molar-refractivity contribution in [2.24, 2.45) is 11.3 Å². The van der Waals surface area contributed by atoms with Crippen molar-refractivity contribution in [3.05, 3.63) is 24.2 Å². The molecule has 7 heteroatoms. The van der Waals surface area contributed by atoms with Gasteiger partial charge in [0, 0.05) is 0 Å². The van der Waals surface area contributed by atoms with Crippen LogP contribution in [-0.2, 0) is 14.3 Å². The van der Waals surface area contributed by atoms with E-state index in [1.165, 1.54) is 18.6 Å². The quantitative estimate of drug-likeness (QED) is 0.770. The van der Waals surface area contributed by atoms with Crippen molar-refractivity contribution in [3.8, 4) is 0 Å². The van der Waals surface area contributed by atoms with E-state index >= 15 is 0 Å². The van der Waals surface area contributed by atoms with Crippen LogP contribution in [0.4, 0.5) is 0 Å². The summed E-state index contributed by atoms with van der Waals surface area (Å²) < 4.78 is 10.2. The number of hydrogen-bond acceptors (Lipinski definition) is 5. The first kappa shape index (κ1) is 20.2. The van der Waals surface area contributed by atoms with Crippen LogP contribution >= 0.6 is 0 Å². The highest BCUT2D eigenvalue weighted by Gasteiger charge is 2.37. The zero-order valence-electron chi connectivity index (χ0n) is 16.0. The second-order valence-corrected chi connectivity index (χ2v) is 7.85. The minimum Gasteiger partial charge on any atom is -0.472 e. The average molecular weight is 364 g/mol. The Labute approximate surface area is 153 Å². The lowest BCUT2D eigenvalue weighted by Gasteiger charge is -2.33. The van der Waals surface area contributed by atoms with Crippen LogP contribution in [0.1, 0.15) is 51.4 Å². The minimum absolute atomic E-state index is 0.00432. The Morgan fingerprint density at radius 2 is 2.04 bits per heavy atom. The summed E-state index contributed by atoms with van der Waals surface area (Å²) >= 11 is 0. The molecule has 2 heterocycles. The molecule has 0 radical (unpaired) electrons. The highest BCUT2D eigenvalue weighted by molar-refractivity contribution is 5.98. The van der Waals surface area contributed by atoms with Gasteiger partial charge in [0.2, 0.25) is 5.91 Å². The first-order valence-electron chi connectivity index (χ1n) is 8.89. The summed E-state index contributed by atoms with van der Waals surface area (Å²) in [5.74, 6) is -0.625. The number of ketones is 1. The van der Waals surface area contributed by atoms with Gasteiger partial charge in [0.15, 0.2) is 5.78 Å². The number of amides is 2. The number of carbonyl (C=O) groups is 3. The van der Waals surface area contributed by atoms with Crippen LogP contribution in [0.15, 0.2) is 23.0 Å². The van der Waals surface area contributed by atoms with Gasteiger partial charge in [-0.3, -0.25) is 14.4 Å². The highest BCUT2D eigenvalue weighted by atomic mass is 16.5. The van der Waals surface area contributed by atoms with E-state index in [2.05, 4.69) is 38.3 Å². The summed E-state index contributed by atoms with van der Waals surface area (Å²) in [7, 11) is 0. The molecule has 3 atom stereocenters. The maximum Gasteiger partial charge on any atom is 0.255 e. The van der Waals surface area contributed by atoms with Crippen molar-refractivity contribution < 1.29 is 23.5 Å². The fourth-order valence-corrected chi connectivity index (χ4v) is 2.72. The van der Waals surface area contributed by atoms with E-state index in [0.29, 0.717) is 17.9 Å². The zero-order chi connectivity index (χ0) is 19.5. The largest absolute Gasteiger partial charge is 0.472 e. The third kappa shape index (κ3) is 4.72. The van der Waals surface area contributed by atoms with E-state index in [1.54, 1.807) is 6.92 Å². The van der Waals surface area contributed by atoms with Gasteiger partial charge in [0.05, 0.1) is 17.9 Å². The molecule has 1 aliphatic heterocycles. The van der Waals surface area contributed by atoms with Crippen LogP contribution in [0.25, 0.3) is 0 Å². The smallest absolute Gasteiger partial charge is 0.255 e. The SMILES string of the molecule is CC(C)C(C)(C)CC(NC(=O)c1ccoc1)C(=O)N[C@@H]1C(=O)CO[C@H]1C. The molecule has 0 aromatic carbocycles. The first-order chi connectivity index (χ1) is 12.1. The van der Waals surface area contributed by atoms with Gasteiger partial charge >= 0.3 is 0 Å². The molecule has 1 aliphatic rings. The topological polar surface area (TPSA) is 97.6 Å². The molecule has 0 aliphatic carbocycles. The number of carbonyl (C=O) groups excluding carboxylic acids is 3. The molecule has 1 saturated heterocycles. The van der Waals surface area contributed by atoms with Crippen LogP contribution in [0.2, 0.25) is 0 Å². The number of rotatable bonds is 7. The molecule has 1 fully saturated rings. The summed E-state index contributed by atoms with van der Waals surface area (Å²) in [5.41, 5.74) is 0.159. The summed E-state index contributed by atoms with van der Waals surface area (Å²) in [5, 5.41) is 5.51. The predicted octanol–water partition coefficient (Wildman–Crippen LogP) is 1.92. The molecule has 26 heavy (non-hydrogen) atoms. The van der Waals surface area contributed by atoms with Crippen molar-refractivity contribution in [1.29, 1.82) is 0 Å². The fraction of sp³-hybridized carbons (Fsp3) is 0.632. The van der Waals surface area contributed by atoms with E-state index in [0.717, 1.165) is 0 Å². The average Bonchev–Trinajstić information content (AvgIpc) is 3.19. The maximum absolute atomic E-state index is 12.8. The number of Topliss-reactive ketones (excluding diaryl/α,β-unsaturated/α-hetero) is 1. The summed E-state index contributed by atoms with van der Waals surface area (Å²) in [6.07, 6.45) is 2.79. The van der Waals surface area contributed by atoms with Crippen LogP contribution in [0, 0.1) is 11.3 Å². The molecule has 144 valence electrons. The molecule has 1 aromatic heterocycles. The Hall–Kier alpha value is -2.15. The zero-order valence-corrected chi connectivity index (χ0v) is 16.0. The van der Waals surface area contributed by atoms with Crippen LogP contribution < -0.4 is 10.6 Å². The Kier molecular flexibility index (Phi) is 6.23. The minimum atomic E-state index is -0.768. The van der Waals surface area contributed by atoms with E-state index in [9.17, 15) is 14.4 Å². The summed E-state index contributed by atoms with van der Waals surface area (Å²) in [4.78, 5) is 37.1. The van der Waals surface area contributed by atoms with E-state index < -0.39 is 12.1 Å². The second-order valence-electron chi connectivity index (χ2n) is 7.85. The molecule has 0 saturated carbocycles. The van der Waals surface area contributed by atoms with Gasteiger partial charge in [-0.05, 0) is 30.7 Å². The predicted molar refractivity (Wildman–Crippen MR) is 95.5 cm³/mol. The Balaban J connectivity index is 2.14. The van der Waals surface area contributed by atoms with E-state index in [1.807, 2.05) is 0 Å². The third-order valence-corrected chi connectivity index (χ3v) is 5.30. The molecule has 1 aromatic rings. The second kappa shape index (κ2) is 8.03. The number of nitrogens with one attached hydrogen (secondary N) is 2. The van der Waals surface area contributed by atoms with Crippen molar-refractivity contribution in [1.82, 2.24) is 10.6 Å². The molecular weight excluding hydrogens is 336 g/mol. The fourth-order valence-electron chi connectivity index (χ4n) is 2.72. The van der Waals surface area contributed by atoms with Crippen LogP contribution in [0.3, 0.4) is 0 Å². The lowest BCUT2D eigenvalue weighted by Crippen LogP contribution is -2.54. The Morgan fingerprint density at radius 1 is 1.35 bits per heavy atom. The normalized spacial score (nSPS) is 21.7. The van der Waals surface area contributed by atoms with E-state index in [-0.39, 0.29) is 35.7 Å². The summed E-state index contributed by atoms with van der Waals surface area (Å²) in [6.45, 7) is 9.98. The van der Waals surface area contributed by atoms with Gasteiger partial charge in [-0.25, -0.2) is 0 Å².